The molecule has 0 spiro atoms. The van der Waals surface area contributed by atoms with Gasteiger partial charge in [-0.3, -0.25) is 5.32 Å². The van der Waals surface area contributed by atoms with Gasteiger partial charge in [-0.1, -0.05) is 12.7 Å². The van der Waals surface area contributed by atoms with Crippen molar-refractivity contribution in [2.75, 3.05) is 11.9 Å². The molecule has 0 aromatic carbocycles. The van der Waals surface area contributed by atoms with Crippen molar-refractivity contribution >= 4 is 17.9 Å². The molecule has 1 rings (SSSR count). The van der Waals surface area contributed by atoms with E-state index in [0.29, 0.717) is 5.56 Å². The van der Waals surface area contributed by atoms with Crippen molar-refractivity contribution in [2.45, 2.75) is 6.92 Å². The predicted octanol–water partition coefficient (Wildman–Crippen LogP) is 1.82. The van der Waals surface area contributed by atoms with Crippen molar-refractivity contribution in [3.63, 3.8) is 0 Å². The number of hydrogen-bond acceptors (Lipinski definition) is 4. The van der Waals surface area contributed by atoms with Gasteiger partial charge in [0, 0.05) is 6.20 Å². The van der Waals surface area contributed by atoms with Crippen LogP contribution < -0.4 is 5.32 Å². The molecule has 1 heterocycles. The third-order valence-corrected chi connectivity index (χ3v) is 1.90. The van der Waals surface area contributed by atoms with Crippen LogP contribution in [-0.2, 0) is 4.74 Å². The molecular formula is C11H12N2O4. The number of anilines is 1. The number of nitrogens with zero attached hydrogens (tertiary/aromatic N) is 1. The molecule has 0 atom stereocenters. The number of pyridine rings is 1. The van der Waals surface area contributed by atoms with Gasteiger partial charge in [0.2, 0.25) is 0 Å². The molecule has 0 fully saturated rings. The molecule has 0 unspecified atom stereocenters. The number of amides is 1. The second-order valence-corrected chi connectivity index (χ2v) is 3.20. The van der Waals surface area contributed by atoms with Crippen molar-refractivity contribution in [1.82, 2.24) is 4.98 Å². The monoisotopic (exact) mass is 236 g/mol. The molecule has 1 aromatic rings. The maximum Gasteiger partial charge on any atom is 0.413 e. The number of ether oxygens (including phenoxy) is 1. The fourth-order valence-corrected chi connectivity index (χ4v) is 1.12. The van der Waals surface area contributed by atoms with E-state index in [2.05, 4.69) is 21.6 Å². The first-order chi connectivity index (χ1) is 8.04. The lowest BCUT2D eigenvalue weighted by molar-refractivity contribution is 0.0695. The molecule has 2 N–H and O–H groups in total. The molecule has 0 aliphatic heterocycles. The summed E-state index contributed by atoms with van der Waals surface area (Å²) in [6.45, 7) is 5.11. The maximum atomic E-state index is 11.2. The number of aromatic nitrogens is 1. The highest BCUT2D eigenvalue weighted by Crippen LogP contribution is 2.11. The van der Waals surface area contributed by atoms with E-state index in [9.17, 15) is 9.59 Å². The molecule has 1 amide bonds. The van der Waals surface area contributed by atoms with Crippen LogP contribution in [0, 0.1) is 6.92 Å². The maximum absolute atomic E-state index is 11.2. The number of aromatic carboxylic acids is 1. The lowest BCUT2D eigenvalue weighted by atomic mass is 10.1. The number of carbonyl (C=O) groups excluding carboxylic acids is 1. The van der Waals surface area contributed by atoms with Crippen molar-refractivity contribution in [2.24, 2.45) is 0 Å². The summed E-state index contributed by atoms with van der Waals surface area (Å²) in [6.07, 6.45) is 1.95. The van der Waals surface area contributed by atoms with Gasteiger partial charge in [-0.2, -0.15) is 0 Å². The van der Waals surface area contributed by atoms with Gasteiger partial charge in [0.25, 0.3) is 0 Å². The van der Waals surface area contributed by atoms with E-state index in [1.54, 1.807) is 6.92 Å². The van der Waals surface area contributed by atoms with Gasteiger partial charge in [-0.15, -0.1) is 0 Å². The summed E-state index contributed by atoms with van der Waals surface area (Å²) in [6, 6.07) is 1.46. The molecule has 0 saturated carbocycles. The Bertz CT molecular complexity index is 457. The SMILES string of the molecule is C=CCOC(=O)Nc1cc(C)c(C(=O)O)cn1. The van der Waals surface area contributed by atoms with E-state index < -0.39 is 12.1 Å². The van der Waals surface area contributed by atoms with Crippen LogP contribution in [0.2, 0.25) is 0 Å². The number of rotatable bonds is 4. The Labute approximate surface area is 97.9 Å². The summed E-state index contributed by atoms with van der Waals surface area (Å²) in [4.78, 5) is 25.7. The molecule has 6 nitrogen and oxygen atoms in total. The Hall–Kier alpha value is -2.37. The van der Waals surface area contributed by atoms with Crippen LogP contribution in [0.3, 0.4) is 0 Å². The lowest BCUT2D eigenvalue weighted by Crippen LogP contribution is -2.15. The normalized spacial score (nSPS) is 9.47. The zero-order chi connectivity index (χ0) is 12.8. The number of carboxylic acids is 1. The molecule has 0 aliphatic rings. The average molecular weight is 236 g/mol. The Morgan fingerprint density at radius 1 is 1.65 bits per heavy atom. The largest absolute Gasteiger partial charge is 0.478 e. The molecule has 90 valence electrons. The second kappa shape index (κ2) is 5.64. The van der Waals surface area contributed by atoms with Crippen LogP contribution in [0.5, 0.6) is 0 Å². The van der Waals surface area contributed by atoms with Crippen LogP contribution in [-0.4, -0.2) is 28.8 Å². The minimum Gasteiger partial charge on any atom is -0.478 e. The molecule has 0 radical (unpaired) electrons. The number of hydrogen-bond donors (Lipinski definition) is 2. The van der Waals surface area contributed by atoms with Crippen molar-refractivity contribution < 1.29 is 19.4 Å². The zero-order valence-corrected chi connectivity index (χ0v) is 9.27. The first-order valence-corrected chi connectivity index (χ1v) is 4.79. The number of carbonyl (C=O) groups is 2. The first-order valence-electron chi connectivity index (χ1n) is 4.79. The van der Waals surface area contributed by atoms with Crippen molar-refractivity contribution in [1.29, 1.82) is 0 Å². The molecule has 1 aromatic heterocycles. The average Bonchev–Trinajstić information content (AvgIpc) is 2.26. The summed E-state index contributed by atoms with van der Waals surface area (Å²) in [7, 11) is 0. The van der Waals surface area contributed by atoms with Gasteiger partial charge < -0.3 is 9.84 Å². The molecule has 0 bridgehead atoms. The minimum atomic E-state index is -1.06. The van der Waals surface area contributed by atoms with Crippen LogP contribution in [0.15, 0.2) is 24.9 Å². The fourth-order valence-electron chi connectivity index (χ4n) is 1.12. The van der Waals surface area contributed by atoms with E-state index in [1.165, 1.54) is 18.3 Å². The fraction of sp³-hybridized carbons (Fsp3) is 0.182. The summed E-state index contributed by atoms with van der Waals surface area (Å²) >= 11 is 0. The summed E-state index contributed by atoms with van der Waals surface area (Å²) in [5, 5.41) is 11.2. The highest BCUT2D eigenvalue weighted by atomic mass is 16.5. The van der Waals surface area contributed by atoms with Crippen LogP contribution in [0.4, 0.5) is 10.6 Å². The molecule has 0 saturated heterocycles. The Morgan fingerprint density at radius 3 is 2.88 bits per heavy atom. The molecule has 6 heteroatoms. The Morgan fingerprint density at radius 2 is 2.35 bits per heavy atom. The van der Waals surface area contributed by atoms with Crippen molar-refractivity contribution in [3.05, 3.63) is 36.0 Å². The lowest BCUT2D eigenvalue weighted by Gasteiger charge is -2.06. The Balaban J connectivity index is 2.74. The van der Waals surface area contributed by atoms with Crippen molar-refractivity contribution in [3.8, 4) is 0 Å². The molecule has 17 heavy (non-hydrogen) atoms. The van der Waals surface area contributed by atoms with E-state index in [4.69, 9.17) is 5.11 Å². The van der Waals surface area contributed by atoms with E-state index in [0.717, 1.165) is 0 Å². The zero-order valence-electron chi connectivity index (χ0n) is 9.27. The first kappa shape index (κ1) is 12.7. The van der Waals surface area contributed by atoms with E-state index in [-0.39, 0.29) is 18.0 Å². The van der Waals surface area contributed by atoms with Gasteiger partial charge in [0.1, 0.15) is 12.4 Å². The van der Waals surface area contributed by atoms with Gasteiger partial charge >= 0.3 is 12.1 Å². The van der Waals surface area contributed by atoms with Gasteiger partial charge in [0.05, 0.1) is 5.56 Å². The topological polar surface area (TPSA) is 88.5 Å². The van der Waals surface area contributed by atoms with Gasteiger partial charge in [-0.25, -0.2) is 14.6 Å². The highest BCUT2D eigenvalue weighted by molar-refractivity contribution is 5.90. The van der Waals surface area contributed by atoms with Crippen LogP contribution >= 0.6 is 0 Å². The van der Waals surface area contributed by atoms with Gasteiger partial charge in [0.15, 0.2) is 0 Å². The number of carboxylic acid groups (broad SMARTS) is 1. The smallest absolute Gasteiger partial charge is 0.413 e. The minimum absolute atomic E-state index is 0.0926. The third-order valence-electron chi connectivity index (χ3n) is 1.90. The quantitative estimate of drug-likeness (QED) is 0.778. The standard InChI is InChI=1S/C11H12N2O4/c1-3-4-17-11(16)13-9-5-7(2)8(6-12-9)10(14)15/h3,5-6H,1,4H2,2H3,(H,14,15)(H,12,13,16). The van der Waals surface area contributed by atoms with E-state index >= 15 is 0 Å². The molecular weight excluding hydrogens is 224 g/mol. The molecule has 0 aliphatic carbocycles. The van der Waals surface area contributed by atoms with E-state index in [1.807, 2.05) is 0 Å². The second-order valence-electron chi connectivity index (χ2n) is 3.20. The number of aryl methyl sites for hydroxylation is 1. The Kier molecular flexibility index (Phi) is 4.21. The number of nitrogens with one attached hydrogen (secondary N) is 1. The summed E-state index contributed by atoms with van der Waals surface area (Å²) in [5.74, 6) is -0.822. The van der Waals surface area contributed by atoms with Gasteiger partial charge in [-0.05, 0) is 18.6 Å². The summed E-state index contributed by atoms with van der Waals surface area (Å²) < 4.78 is 4.69. The third kappa shape index (κ3) is 3.60. The highest BCUT2D eigenvalue weighted by Gasteiger charge is 2.10. The summed E-state index contributed by atoms with van der Waals surface area (Å²) in [5.41, 5.74) is 0.599. The van der Waals surface area contributed by atoms with Crippen LogP contribution in [0.25, 0.3) is 0 Å². The predicted molar refractivity (Wildman–Crippen MR) is 61.1 cm³/mol. The van der Waals surface area contributed by atoms with Crippen LogP contribution in [0.1, 0.15) is 15.9 Å².